The Morgan fingerprint density at radius 2 is 1.74 bits per heavy atom. The maximum absolute atomic E-state index is 13.5. The van der Waals surface area contributed by atoms with Gasteiger partial charge >= 0.3 is 12.1 Å². The van der Waals surface area contributed by atoms with E-state index in [4.69, 9.17) is 27.9 Å². The number of alkyl halides is 3. The number of ether oxygens (including phenoxy) is 1. The minimum atomic E-state index is -4.56. The number of halogens is 5. The van der Waals surface area contributed by atoms with Gasteiger partial charge in [-0.05, 0) is 61.2 Å². The van der Waals surface area contributed by atoms with Crippen molar-refractivity contribution >= 4 is 34.7 Å². The van der Waals surface area contributed by atoms with Gasteiger partial charge in [-0.2, -0.15) is 13.2 Å². The van der Waals surface area contributed by atoms with Crippen LogP contribution >= 0.6 is 23.2 Å². The Bertz CT molecular complexity index is 854. The third-order valence-corrected chi connectivity index (χ3v) is 4.24. The zero-order valence-electron chi connectivity index (χ0n) is 14.7. The standard InChI is InChI=1S/C20H17Cl2F3O2/c1-3-27-19(26)17-6-4-13(8-12(17)2)5-7-18(20(23,24)25)14-9-15(21)11-16(22)10-14/h4,6-11H,3,5H2,1-2H3. The van der Waals surface area contributed by atoms with Crippen molar-refractivity contribution in [3.8, 4) is 0 Å². The van der Waals surface area contributed by atoms with Crippen molar-refractivity contribution in [3.05, 3.63) is 74.8 Å². The van der Waals surface area contributed by atoms with E-state index >= 15 is 0 Å². The van der Waals surface area contributed by atoms with Crippen LogP contribution in [0.3, 0.4) is 0 Å². The highest BCUT2D eigenvalue weighted by atomic mass is 35.5. The van der Waals surface area contributed by atoms with Crippen LogP contribution in [0.5, 0.6) is 0 Å². The Morgan fingerprint density at radius 3 is 2.26 bits per heavy atom. The Balaban J connectivity index is 2.34. The molecule has 0 saturated heterocycles. The van der Waals surface area contributed by atoms with Crippen molar-refractivity contribution in [3.63, 3.8) is 0 Å². The van der Waals surface area contributed by atoms with E-state index in [0.29, 0.717) is 16.7 Å². The summed E-state index contributed by atoms with van der Waals surface area (Å²) in [6.45, 7) is 3.66. The molecule has 2 aromatic rings. The lowest BCUT2D eigenvalue weighted by Crippen LogP contribution is -2.11. The van der Waals surface area contributed by atoms with Gasteiger partial charge in [-0.3, -0.25) is 0 Å². The number of esters is 1. The number of hydrogen-bond donors (Lipinski definition) is 0. The molecule has 27 heavy (non-hydrogen) atoms. The number of carbonyl (C=O) groups excluding carboxylic acids is 1. The first kappa shape index (κ1) is 21.3. The molecule has 0 heterocycles. The molecule has 0 aromatic heterocycles. The number of rotatable bonds is 5. The fraction of sp³-hybridized carbons (Fsp3) is 0.250. The first-order valence-electron chi connectivity index (χ1n) is 8.12. The van der Waals surface area contributed by atoms with E-state index in [9.17, 15) is 18.0 Å². The fourth-order valence-electron chi connectivity index (χ4n) is 2.62. The molecule has 0 amide bonds. The molecule has 2 aromatic carbocycles. The van der Waals surface area contributed by atoms with Crippen LogP contribution in [0.25, 0.3) is 5.57 Å². The topological polar surface area (TPSA) is 26.3 Å². The van der Waals surface area contributed by atoms with E-state index in [-0.39, 0.29) is 28.6 Å². The molecule has 0 spiro atoms. The molecule has 0 unspecified atom stereocenters. The number of aryl methyl sites for hydroxylation is 1. The molecule has 0 saturated carbocycles. The van der Waals surface area contributed by atoms with Gasteiger partial charge in [-0.25, -0.2) is 4.79 Å². The Hall–Kier alpha value is -1.98. The summed E-state index contributed by atoms with van der Waals surface area (Å²) in [4.78, 5) is 11.8. The van der Waals surface area contributed by atoms with E-state index in [0.717, 1.165) is 6.08 Å². The average Bonchev–Trinajstić information content (AvgIpc) is 2.53. The zero-order chi connectivity index (χ0) is 20.2. The largest absolute Gasteiger partial charge is 0.462 e. The van der Waals surface area contributed by atoms with Crippen LogP contribution in [0.1, 0.15) is 34.0 Å². The normalized spacial score (nSPS) is 12.2. The van der Waals surface area contributed by atoms with Crippen molar-refractivity contribution in [2.75, 3.05) is 6.61 Å². The van der Waals surface area contributed by atoms with E-state index in [1.165, 1.54) is 18.2 Å². The second-order valence-corrected chi connectivity index (χ2v) is 6.72. The van der Waals surface area contributed by atoms with E-state index in [2.05, 4.69) is 0 Å². The lowest BCUT2D eigenvalue weighted by atomic mass is 9.99. The second kappa shape index (κ2) is 8.81. The summed E-state index contributed by atoms with van der Waals surface area (Å²) in [5.41, 5.74) is 0.746. The molecule has 2 rings (SSSR count). The Labute approximate surface area is 165 Å². The smallest absolute Gasteiger partial charge is 0.416 e. The maximum atomic E-state index is 13.5. The SMILES string of the molecule is CCOC(=O)c1ccc(CC=C(c2cc(Cl)cc(Cl)c2)C(F)(F)F)cc1C. The highest BCUT2D eigenvalue weighted by Crippen LogP contribution is 2.36. The average molecular weight is 417 g/mol. The highest BCUT2D eigenvalue weighted by molar-refractivity contribution is 6.34. The number of carbonyl (C=O) groups is 1. The van der Waals surface area contributed by atoms with Gasteiger partial charge in [0.25, 0.3) is 0 Å². The summed E-state index contributed by atoms with van der Waals surface area (Å²) in [7, 11) is 0. The quantitative estimate of drug-likeness (QED) is 0.508. The molecule has 0 radical (unpaired) electrons. The highest BCUT2D eigenvalue weighted by Gasteiger charge is 2.34. The first-order valence-corrected chi connectivity index (χ1v) is 8.88. The van der Waals surface area contributed by atoms with Crippen LogP contribution in [0.4, 0.5) is 13.2 Å². The van der Waals surface area contributed by atoms with E-state index in [1.54, 1.807) is 32.0 Å². The lowest BCUT2D eigenvalue weighted by Gasteiger charge is -2.13. The van der Waals surface area contributed by atoms with Crippen molar-refractivity contribution in [2.45, 2.75) is 26.4 Å². The fourth-order valence-corrected chi connectivity index (χ4v) is 3.14. The van der Waals surface area contributed by atoms with E-state index in [1.807, 2.05) is 0 Å². The third-order valence-electron chi connectivity index (χ3n) is 3.81. The number of benzene rings is 2. The van der Waals surface area contributed by atoms with Crippen LogP contribution < -0.4 is 0 Å². The second-order valence-electron chi connectivity index (χ2n) is 5.85. The predicted molar refractivity (Wildman–Crippen MR) is 101 cm³/mol. The monoisotopic (exact) mass is 416 g/mol. The molecular formula is C20H17Cl2F3O2. The van der Waals surface area contributed by atoms with Gasteiger partial charge in [-0.1, -0.05) is 41.4 Å². The van der Waals surface area contributed by atoms with Crippen molar-refractivity contribution in [1.82, 2.24) is 0 Å². The predicted octanol–water partition coefficient (Wildman–Crippen LogP) is 6.67. The molecule has 144 valence electrons. The molecule has 0 N–H and O–H groups in total. The molecule has 2 nitrogen and oxygen atoms in total. The van der Waals surface area contributed by atoms with Crippen LogP contribution in [0, 0.1) is 6.92 Å². The van der Waals surface area contributed by atoms with Gasteiger partial charge in [0.1, 0.15) is 0 Å². The zero-order valence-corrected chi connectivity index (χ0v) is 16.2. The van der Waals surface area contributed by atoms with Crippen molar-refractivity contribution in [1.29, 1.82) is 0 Å². The van der Waals surface area contributed by atoms with Crippen molar-refractivity contribution in [2.24, 2.45) is 0 Å². The molecule has 7 heteroatoms. The molecular weight excluding hydrogens is 400 g/mol. The maximum Gasteiger partial charge on any atom is 0.416 e. The van der Waals surface area contributed by atoms with Gasteiger partial charge in [0.2, 0.25) is 0 Å². The summed E-state index contributed by atoms with van der Waals surface area (Å²) in [6, 6.07) is 8.65. The summed E-state index contributed by atoms with van der Waals surface area (Å²) in [5, 5.41) is 0.254. The number of hydrogen-bond acceptors (Lipinski definition) is 2. The van der Waals surface area contributed by atoms with Gasteiger partial charge in [0.05, 0.1) is 17.7 Å². The molecule has 0 fully saturated rings. The summed E-state index contributed by atoms with van der Waals surface area (Å²) >= 11 is 11.7. The number of allylic oxidation sites excluding steroid dienone is 2. The third kappa shape index (κ3) is 5.75. The molecule has 0 atom stereocenters. The minimum absolute atomic E-state index is 0.0307. The summed E-state index contributed by atoms with van der Waals surface area (Å²) in [5.74, 6) is -0.457. The van der Waals surface area contributed by atoms with Crippen LogP contribution in [-0.4, -0.2) is 18.8 Å². The van der Waals surface area contributed by atoms with Gasteiger partial charge in [-0.15, -0.1) is 0 Å². The molecule has 0 aliphatic heterocycles. The minimum Gasteiger partial charge on any atom is -0.462 e. The Kier molecular flexibility index (Phi) is 6.95. The van der Waals surface area contributed by atoms with Gasteiger partial charge in [0, 0.05) is 10.0 Å². The van der Waals surface area contributed by atoms with Crippen LogP contribution in [0.2, 0.25) is 10.0 Å². The Morgan fingerprint density at radius 1 is 1.11 bits per heavy atom. The summed E-state index contributed by atoms with van der Waals surface area (Å²) in [6.07, 6.45) is -3.45. The lowest BCUT2D eigenvalue weighted by molar-refractivity contribution is -0.0690. The van der Waals surface area contributed by atoms with Crippen LogP contribution in [0.15, 0.2) is 42.5 Å². The van der Waals surface area contributed by atoms with Crippen molar-refractivity contribution < 1.29 is 22.7 Å². The van der Waals surface area contributed by atoms with Crippen LogP contribution in [-0.2, 0) is 11.2 Å². The first-order chi connectivity index (χ1) is 12.6. The summed E-state index contributed by atoms with van der Waals surface area (Å²) < 4.78 is 45.4. The van der Waals surface area contributed by atoms with E-state index < -0.39 is 17.7 Å². The molecule has 0 bridgehead atoms. The molecule has 0 aliphatic carbocycles. The van der Waals surface area contributed by atoms with Gasteiger partial charge in [0.15, 0.2) is 0 Å². The molecule has 0 aliphatic rings. The van der Waals surface area contributed by atoms with Gasteiger partial charge < -0.3 is 4.74 Å².